The predicted octanol–water partition coefficient (Wildman–Crippen LogP) is 15.7. The van der Waals surface area contributed by atoms with E-state index < -0.39 is 0 Å². The molecule has 1 aliphatic rings. The van der Waals surface area contributed by atoms with Gasteiger partial charge < -0.3 is 13.7 Å². The predicted molar refractivity (Wildman–Crippen MR) is 242 cm³/mol. The van der Waals surface area contributed by atoms with Gasteiger partial charge in [0, 0.05) is 49.3 Å². The maximum Gasteiger partial charge on any atom is 0.144 e. The number of nitrogens with zero attached hydrogens (tertiary/aromatic N) is 1. The van der Waals surface area contributed by atoms with E-state index in [1.165, 1.54) is 33.0 Å². The molecule has 0 N–H and O–H groups in total. The minimum atomic E-state index is -0.106. The zero-order valence-corrected chi connectivity index (χ0v) is 32.2. The van der Waals surface area contributed by atoms with Crippen LogP contribution in [0.2, 0.25) is 0 Å². The first-order valence-corrected chi connectivity index (χ1v) is 20.0. The van der Waals surface area contributed by atoms with Crippen molar-refractivity contribution in [2.24, 2.45) is 0 Å². The van der Waals surface area contributed by atoms with Gasteiger partial charge in [-0.1, -0.05) is 147 Å². The van der Waals surface area contributed by atoms with Crippen molar-refractivity contribution in [1.29, 1.82) is 0 Å². The van der Waals surface area contributed by atoms with Crippen LogP contribution >= 0.6 is 0 Å². The SMILES string of the molecule is CC1(C)c2ccccc2-c2ccc(N(c3ccc(-c4ccc5c(c4)oc4c(-c6ccccc6)c6c(cc45)oc4ccccc46)cc3)c3cccc4ccccc34)cc21. The quantitative estimate of drug-likeness (QED) is 0.176. The van der Waals surface area contributed by atoms with Crippen molar-refractivity contribution in [2.45, 2.75) is 19.3 Å². The molecule has 1 aliphatic carbocycles. The Labute approximate surface area is 336 Å². The lowest BCUT2D eigenvalue weighted by Crippen LogP contribution is -2.16. The van der Waals surface area contributed by atoms with Gasteiger partial charge in [-0.2, -0.15) is 0 Å². The highest BCUT2D eigenvalue weighted by molar-refractivity contribution is 6.23. The number of fused-ring (bicyclic) bond motifs is 10. The molecule has 0 atom stereocenters. The molecule has 0 radical (unpaired) electrons. The molecule has 0 amide bonds. The van der Waals surface area contributed by atoms with Crippen molar-refractivity contribution in [3.05, 3.63) is 199 Å². The number of benzene rings is 9. The van der Waals surface area contributed by atoms with Crippen LogP contribution in [-0.4, -0.2) is 0 Å². The van der Waals surface area contributed by atoms with E-state index in [1.807, 2.05) is 12.1 Å². The van der Waals surface area contributed by atoms with Gasteiger partial charge in [0.05, 0.1) is 5.69 Å². The number of para-hydroxylation sites is 1. The fourth-order valence-electron chi connectivity index (χ4n) is 9.64. The largest absolute Gasteiger partial charge is 0.456 e. The summed E-state index contributed by atoms with van der Waals surface area (Å²) in [5.41, 5.74) is 16.5. The molecule has 0 aliphatic heterocycles. The van der Waals surface area contributed by atoms with Crippen LogP contribution in [0, 0.1) is 0 Å². The van der Waals surface area contributed by atoms with Crippen LogP contribution in [0.1, 0.15) is 25.0 Å². The first-order valence-electron chi connectivity index (χ1n) is 20.0. The van der Waals surface area contributed by atoms with E-state index in [0.29, 0.717) is 0 Å². The van der Waals surface area contributed by atoms with Gasteiger partial charge in [0.25, 0.3) is 0 Å². The van der Waals surface area contributed by atoms with Crippen LogP contribution < -0.4 is 4.90 Å². The standard InChI is InChI=1S/C55H37NO2/c1-55(2)46-20-10-8-18-41(46)42-30-28-39(32-47(42)55)56(48-21-12-16-35-13-6-7-17-40(35)48)38-26-23-34(24-27-38)37-25-29-43-45-33-51-53(44-19-9-11-22-49(44)57-51)52(36-14-4-3-5-15-36)54(45)58-50(43)31-37/h3-33H,1-2H3. The maximum absolute atomic E-state index is 6.87. The average Bonchev–Trinajstić information content (AvgIpc) is 3.90. The molecule has 11 aromatic rings. The highest BCUT2D eigenvalue weighted by Crippen LogP contribution is 2.51. The zero-order valence-electron chi connectivity index (χ0n) is 32.2. The first kappa shape index (κ1) is 32.8. The molecule has 0 fully saturated rings. The smallest absolute Gasteiger partial charge is 0.144 e. The lowest BCUT2D eigenvalue weighted by Gasteiger charge is -2.29. The fraction of sp³-hybridized carbons (Fsp3) is 0.0545. The van der Waals surface area contributed by atoms with Gasteiger partial charge in [0.15, 0.2) is 0 Å². The fourth-order valence-corrected chi connectivity index (χ4v) is 9.64. The summed E-state index contributed by atoms with van der Waals surface area (Å²) in [6.45, 7) is 4.69. The molecule has 2 heterocycles. The van der Waals surface area contributed by atoms with Crippen LogP contribution in [0.4, 0.5) is 17.1 Å². The maximum atomic E-state index is 6.87. The number of furan rings is 2. The highest BCUT2D eigenvalue weighted by Gasteiger charge is 2.36. The van der Waals surface area contributed by atoms with E-state index in [0.717, 1.165) is 83.2 Å². The van der Waals surface area contributed by atoms with Crippen molar-refractivity contribution in [3.63, 3.8) is 0 Å². The Morgan fingerprint density at radius 3 is 2.00 bits per heavy atom. The second-order valence-corrected chi connectivity index (χ2v) is 16.1. The molecule has 0 spiro atoms. The van der Waals surface area contributed by atoms with Gasteiger partial charge >= 0.3 is 0 Å². The summed E-state index contributed by atoms with van der Waals surface area (Å²) in [6, 6.07) is 67.6. The molecule has 2 aromatic heterocycles. The second-order valence-electron chi connectivity index (χ2n) is 16.1. The molecule has 0 saturated heterocycles. The van der Waals surface area contributed by atoms with Crippen molar-refractivity contribution in [2.75, 3.05) is 4.90 Å². The van der Waals surface area contributed by atoms with E-state index in [2.05, 4.69) is 195 Å². The summed E-state index contributed by atoms with van der Waals surface area (Å²) in [5, 5.41) is 6.71. The van der Waals surface area contributed by atoms with Crippen molar-refractivity contribution >= 4 is 71.7 Å². The van der Waals surface area contributed by atoms with Gasteiger partial charge in [-0.25, -0.2) is 0 Å². The Morgan fingerprint density at radius 1 is 0.414 bits per heavy atom. The lowest BCUT2D eigenvalue weighted by atomic mass is 9.82. The summed E-state index contributed by atoms with van der Waals surface area (Å²) in [5.74, 6) is 0. The third-order valence-electron chi connectivity index (χ3n) is 12.5. The number of rotatable bonds is 5. The summed E-state index contributed by atoms with van der Waals surface area (Å²) < 4.78 is 13.3. The second kappa shape index (κ2) is 12.3. The molecule has 3 nitrogen and oxygen atoms in total. The van der Waals surface area contributed by atoms with Gasteiger partial charge in [-0.3, -0.25) is 0 Å². The van der Waals surface area contributed by atoms with Crippen molar-refractivity contribution in [3.8, 4) is 33.4 Å². The van der Waals surface area contributed by atoms with Gasteiger partial charge in [-0.05, 0) is 98.9 Å². The first-order chi connectivity index (χ1) is 28.5. The van der Waals surface area contributed by atoms with Crippen LogP contribution in [0.25, 0.3) is 88.0 Å². The van der Waals surface area contributed by atoms with E-state index in [9.17, 15) is 0 Å². The van der Waals surface area contributed by atoms with E-state index in [-0.39, 0.29) is 5.41 Å². The van der Waals surface area contributed by atoms with E-state index in [4.69, 9.17) is 8.83 Å². The Morgan fingerprint density at radius 2 is 1.12 bits per heavy atom. The lowest BCUT2D eigenvalue weighted by molar-refractivity contribution is 0.660. The number of hydrogen-bond donors (Lipinski definition) is 0. The molecular formula is C55H37NO2. The molecule has 0 bridgehead atoms. The van der Waals surface area contributed by atoms with Gasteiger partial charge in [0.1, 0.15) is 22.3 Å². The summed E-state index contributed by atoms with van der Waals surface area (Å²) in [4.78, 5) is 2.42. The summed E-state index contributed by atoms with van der Waals surface area (Å²) >= 11 is 0. The van der Waals surface area contributed by atoms with E-state index >= 15 is 0 Å². The molecule has 12 rings (SSSR count). The minimum absolute atomic E-state index is 0.106. The van der Waals surface area contributed by atoms with Crippen LogP contribution in [0.5, 0.6) is 0 Å². The zero-order chi connectivity index (χ0) is 38.5. The summed E-state index contributed by atoms with van der Waals surface area (Å²) in [7, 11) is 0. The Bertz CT molecular complexity index is 3420. The molecule has 9 aromatic carbocycles. The van der Waals surface area contributed by atoms with Crippen LogP contribution in [-0.2, 0) is 5.41 Å². The third-order valence-corrected chi connectivity index (χ3v) is 12.5. The number of anilines is 3. The Hall–Kier alpha value is -7.36. The molecule has 274 valence electrons. The Kier molecular flexibility index (Phi) is 6.98. The van der Waals surface area contributed by atoms with Crippen molar-refractivity contribution < 1.29 is 8.83 Å². The normalized spacial score (nSPS) is 13.1. The molecule has 0 unspecified atom stereocenters. The molecular weight excluding hydrogens is 707 g/mol. The third kappa shape index (κ3) is 4.80. The van der Waals surface area contributed by atoms with Gasteiger partial charge in [0.2, 0.25) is 0 Å². The van der Waals surface area contributed by atoms with E-state index in [1.54, 1.807) is 0 Å². The molecule has 58 heavy (non-hydrogen) atoms. The number of hydrogen-bond acceptors (Lipinski definition) is 3. The minimum Gasteiger partial charge on any atom is -0.456 e. The van der Waals surface area contributed by atoms with Gasteiger partial charge in [-0.15, -0.1) is 0 Å². The molecule has 3 heteroatoms. The monoisotopic (exact) mass is 743 g/mol. The highest BCUT2D eigenvalue weighted by atomic mass is 16.3. The molecule has 0 saturated carbocycles. The topological polar surface area (TPSA) is 29.5 Å². The summed E-state index contributed by atoms with van der Waals surface area (Å²) in [6.07, 6.45) is 0. The average molecular weight is 744 g/mol. The van der Waals surface area contributed by atoms with Crippen molar-refractivity contribution in [1.82, 2.24) is 0 Å². The Balaban J connectivity index is 0.989. The van der Waals surface area contributed by atoms with Crippen LogP contribution in [0.15, 0.2) is 197 Å². The van der Waals surface area contributed by atoms with Crippen LogP contribution in [0.3, 0.4) is 0 Å².